The van der Waals surface area contributed by atoms with E-state index < -0.39 is 21.0 Å². The van der Waals surface area contributed by atoms with Crippen LogP contribution in [-0.2, 0) is 28.7 Å². The minimum absolute atomic E-state index is 0.00689. The predicted molar refractivity (Wildman–Crippen MR) is 114 cm³/mol. The second-order valence-corrected chi connectivity index (χ2v) is 9.26. The van der Waals surface area contributed by atoms with Crippen molar-refractivity contribution in [2.45, 2.75) is 24.3 Å². The largest absolute Gasteiger partial charge is 0.350 e. The van der Waals surface area contributed by atoms with Gasteiger partial charge in [-0.1, -0.05) is 30.3 Å². The third-order valence-corrected chi connectivity index (χ3v) is 6.81. The lowest BCUT2D eigenvalue weighted by Crippen LogP contribution is -2.39. The maximum absolute atomic E-state index is 12.7. The summed E-state index contributed by atoms with van der Waals surface area (Å²) in [6, 6.07) is 13.4. The molecule has 158 valence electrons. The van der Waals surface area contributed by atoms with Crippen molar-refractivity contribution in [3.63, 3.8) is 0 Å². The van der Waals surface area contributed by atoms with E-state index in [0.29, 0.717) is 11.0 Å². The summed E-state index contributed by atoms with van der Waals surface area (Å²) in [4.78, 5) is 36.2. The molecular weight excluding hydrogens is 406 g/mol. The van der Waals surface area contributed by atoms with Gasteiger partial charge in [0.05, 0.1) is 27.7 Å². The van der Waals surface area contributed by atoms with Crippen molar-refractivity contribution in [2.24, 2.45) is 14.1 Å². The Morgan fingerprint density at radius 3 is 2.20 bits per heavy atom. The zero-order valence-electron chi connectivity index (χ0n) is 17.0. The van der Waals surface area contributed by atoms with Gasteiger partial charge in [-0.2, -0.15) is 0 Å². The van der Waals surface area contributed by atoms with E-state index >= 15 is 0 Å². The van der Waals surface area contributed by atoms with E-state index in [1.807, 2.05) is 37.3 Å². The molecule has 0 spiro atoms. The van der Waals surface area contributed by atoms with E-state index in [4.69, 9.17) is 0 Å². The molecule has 30 heavy (non-hydrogen) atoms. The summed E-state index contributed by atoms with van der Waals surface area (Å²) in [7, 11) is -0.889. The molecule has 8 nitrogen and oxygen atoms in total. The Labute approximate surface area is 173 Å². The first-order valence-electron chi connectivity index (χ1n) is 9.38. The molecule has 3 aromatic rings. The summed E-state index contributed by atoms with van der Waals surface area (Å²) < 4.78 is 27.8. The van der Waals surface area contributed by atoms with E-state index in [2.05, 4.69) is 5.32 Å². The predicted octanol–water partition coefficient (Wildman–Crippen LogP) is 1.28. The lowest BCUT2D eigenvalue weighted by atomic mass is 10.1. The van der Waals surface area contributed by atoms with Gasteiger partial charge in [0.25, 0.3) is 0 Å². The van der Waals surface area contributed by atoms with Crippen molar-refractivity contribution in [1.82, 2.24) is 14.5 Å². The van der Waals surface area contributed by atoms with Crippen LogP contribution in [0.1, 0.15) is 24.9 Å². The first kappa shape index (κ1) is 21.5. The van der Waals surface area contributed by atoms with Gasteiger partial charge in [0.15, 0.2) is 9.84 Å². The van der Waals surface area contributed by atoms with Gasteiger partial charge in [-0.3, -0.25) is 14.4 Å². The molecule has 0 saturated heterocycles. The average molecular weight is 429 g/mol. The molecule has 1 amide bonds. The third-order valence-electron chi connectivity index (χ3n) is 5.10. The normalized spacial score (nSPS) is 12.6. The maximum Gasteiger partial charge on any atom is 0.316 e. The quantitative estimate of drug-likeness (QED) is 0.594. The van der Waals surface area contributed by atoms with Gasteiger partial charge in [-0.25, -0.2) is 8.42 Å². The van der Waals surface area contributed by atoms with Crippen LogP contribution in [0, 0.1) is 0 Å². The second kappa shape index (κ2) is 8.27. The molecule has 0 aliphatic rings. The Kier molecular flexibility index (Phi) is 5.93. The first-order chi connectivity index (χ1) is 14.1. The number of nitrogens with zero attached hydrogens (tertiary/aromatic N) is 2. The summed E-state index contributed by atoms with van der Waals surface area (Å²) in [5.74, 6) is -0.739. The summed E-state index contributed by atoms with van der Waals surface area (Å²) >= 11 is 0. The second-order valence-electron chi connectivity index (χ2n) is 7.15. The Hall–Kier alpha value is -3.20. The number of hydrogen-bond acceptors (Lipinski definition) is 5. The van der Waals surface area contributed by atoms with Crippen molar-refractivity contribution >= 4 is 26.8 Å². The number of amides is 1. The Morgan fingerprint density at radius 1 is 0.967 bits per heavy atom. The number of sulfone groups is 1. The summed E-state index contributed by atoms with van der Waals surface area (Å²) in [6.45, 7) is 1.83. The Balaban J connectivity index is 1.79. The van der Waals surface area contributed by atoms with Gasteiger partial charge in [-0.05, 0) is 30.7 Å². The smallest absolute Gasteiger partial charge is 0.316 e. The molecule has 9 heteroatoms. The fourth-order valence-electron chi connectivity index (χ4n) is 3.24. The van der Waals surface area contributed by atoms with Crippen LogP contribution in [0.2, 0.25) is 0 Å². The van der Waals surface area contributed by atoms with E-state index in [-0.39, 0.29) is 29.0 Å². The maximum atomic E-state index is 12.7. The highest BCUT2D eigenvalue weighted by Gasteiger charge is 2.19. The number of carbonyl (C=O) groups is 1. The van der Waals surface area contributed by atoms with Gasteiger partial charge < -0.3 is 14.5 Å². The molecule has 2 aromatic carbocycles. The van der Waals surface area contributed by atoms with Crippen LogP contribution in [0.15, 0.2) is 63.0 Å². The lowest BCUT2D eigenvalue weighted by Gasteiger charge is -2.14. The SMILES string of the molecule is CC(NC(=O)CCS(=O)(=O)c1ccc2c(c1)n(C)c(=O)c(=O)n2C)c1ccccc1. The van der Waals surface area contributed by atoms with E-state index in [1.165, 1.54) is 36.9 Å². The van der Waals surface area contributed by atoms with Crippen LogP contribution < -0.4 is 16.4 Å². The Bertz CT molecular complexity index is 1320. The summed E-state index contributed by atoms with van der Waals surface area (Å²) in [5, 5.41) is 2.79. The van der Waals surface area contributed by atoms with Crippen LogP contribution in [0.5, 0.6) is 0 Å². The molecule has 1 atom stereocenters. The molecule has 0 saturated carbocycles. The standard InChI is InChI=1S/C21H23N3O5S/c1-14(15-7-5-4-6-8-15)22-19(25)11-12-30(28,29)16-9-10-17-18(13-16)24(3)21(27)20(26)23(17)2/h4-10,13-14H,11-12H2,1-3H3,(H,22,25). The Morgan fingerprint density at radius 2 is 1.57 bits per heavy atom. The number of rotatable bonds is 6. The molecule has 1 aromatic heterocycles. The lowest BCUT2D eigenvalue weighted by molar-refractivity contribution is -0.121. The molecule has 3 rings (SSSR count). The number of carbonyl (C=O) groups excluding carboxylic acids is 1. The fourth-order valence-corrected chi connectivity index (χ4v) is 4.49. The van der Waals surface area contributed by atoms with E-state index in [1.54, 1.807) is 0 Å². The van der Waals surface area contributed by atoms with E-state index in [9.17, 15) is 22.8 Å². The van der Waals surface area contributed by atoms with Crippen molar-refractivity contribution < 1.29 is 13.2 Å². The highest BCUT2D eigenvalue weighted by molar-refractivity contribution is 7.91. The average Bonchev–Trinajstić information content (AvgIpc) is 2.75. The van der Waals surface area contributed by atoms with E-state index in [0.717, 1.165) is 10.1 Å². The molecule has 1 unspecified atom stereocenters. The van der Waals surface area contributed by atoms with Crippen LogP contribution in [0.25, 0.3) is 11.0 Å². The molecule has 1 N–H and O–H groups in total. The van der Waals surface area contributed by atoms with Gasteiger partial charge in [0.1, 0.15) is 0 Å². The highest BCUT2D eigenvalue weighted by Crippen LogP contribution is 2.19. The number of aryl methyl sites for hydroxylation is 2. The monoisotopic (exact) mass is 429 g/mol. The zero-order chi connectivity index (χ0) is 22.1. The molecule has 0 aliphatic carbocycles. The van der Waals surface area contributed by atoms with Crippen molar-refractivity contribution in [3.8, 4) is 0 Å². The number of aromatic nitrogens is 2. The highest BCUT2D eigenvalue weighted by atomic mass is 32.2. The molecule has 0 fully saturated rings. The van der Waals surface area contributed by atoms with Crippen molar-refractivity contribution in [1.29, 1.82) is 0 Å². The van der Waals surface area contributed by atoms with Gasteiger partial charge >= 0.3 is 11.1 Å². The van der Waals surface area contributed by atoms with Crippen molar-refractivity contribution in [3.05, 3.63) is 74.8 Å². The van der Waals surface area contributed by atoms with Crippen molar-refractivity contribution in [2.75, 3.05) is 5.75 Å². The van der Waals surface area contributed by atoms with Crippen LogP contribution in [0.4, 0.5) is 0 Å². The molecule has 0 aliphatic heterocycles. The van der Waals surface area contributed by atoms with Crippen LogP contribution in [-0.4, -0.2) is 29.2 Å². The molecule has 1 heterocycles. The summed E-state index contributed by atoms with van der Waals surface area (Å²) in [5.41, 5.74) is 0.259. The third kappa shape index (κ3) is 4.20. The number of benzene rings is 2. The minimum Gasteiger partial charge on any atom is -0.350 e. The molecule has 0 radical (unpaired) electrons. The fraction of sp³-hybridized carbons (Fsp3) is 0.286. The van der Waals surface area contributed by atoms with Gasteiger partial charge in [-0.15, -0.1) is 0 Å². The topological polar surface area (TPSA) is 107 Å². The summed E-state index contributed by atoms with van der Waals surface area (Å²) in [6.07, 6.45) is -0.191. The molecular formula is C21H23N3O5S. The van der Waals surface area contributed by atoms with Crippen LogP contribution >= 0.6 is 0 Å². The van der Waals surface area contributed by atoms with Gasteiger partial charge in [0.2, 0.25) is 5.91 Å². The number of fused-ring (bicyclic) bond motifs is 1. The van der Waals surface area contributed by atoms with Crippen LogP contribution in [0.3, 0.4) is 0 Å². The minimum atomic E-state index is -3.76. The zero-order valence-corrected chi connectivity index (χ0v) is 17.8. The van der Waals surface area contributed by atoms with Gasteiger partial charge in [0, 0.05) is 20.5 Å². The number of nitrogens with one attached hydrogen (secondary N) is 1. The number of hydrogen-bond donors (Lipinski definition) is 1. The molecule has 0 bridgehead atoms. The first-order valence-corrected chi connectivity index (χ1v) is 11.0.